The molecule has 1 aliphatic rings. The number of carbonyl (C=O) groups excluding carboxylic acids is 1. The Morgan fingerprint density at radius 1 is 1.50 bits per heavy atom. The smallest absolute Gasteiger partial charge is 0.350 e. The monoisotopic (exact) mass is 262 g/mol. The Kier molecular flexibility index (Phi) is 4.52. The van der Waals surface area contributed by atoms with Crippen molar-refractivity contribution in [3.05, 3.63) is 21.9 Å². The third-order valence-electron chi connectivity index (χ3n) is 2.10. The van der Waals surface area contributed by atoms with E-state index >= 15 is 0 Å². The van der Waals surface area contributed by atoms with Gasteiger partial charge in [0.25, 0.3) is 0 Å². The molecule has 7 heteroatoms. The summed E-state index contributed by atoms with van der Waals surface area (Å²) >= 11 is 1.27. The molecule has 1 aliphatic heterocycles. The summed E-state index contributed by atoms with van der Waals surface area (Å²) in [4.78, 5) is 15.6. The molecule has 1 heterocycles. The Bertz CT molecular complexity index is 561. The van der Waals surface area contributed by atoms with Crippen molar-refractivity contribution >= 4 is 23.6 Å². The Morgan fingerprint density at radius 2 is 2.17 bits per heavy atom. The van der Waals surface area contributed by atoms with Gasteiger partial charge in [0.1, 0.15) is 28.6 Å². The topological polar surface area (TPSA) is 98.3 Å². The number of allylic oxidation sites excluding steroid dienone is 1. The summed E-state index contributed by atoms with van der Waals surface area (Å²) < 4.78 is 4.52. The van der Waals surface area contributed by atoms with Crippen molar-refractivity contribution < 1.29 is 9.53 Å². The molecule has 1 N–H and O–H groups in total. The van der Waals surface area contributed by atoms with E-state index in [1.807, 2.05) is 6.07 Å². The van der Waals surface area contributed by atoms with E-state index in [-0.39, 0.29) is 16.8 Å². The molecule has 1 rings (SSSR count). The second kappa shape index (κ2) is 5.89. The SMILES string of the molecule is COC(=O)/C(C#N)=C1/NC(C)=NC(SC)=C1C#N. The predicted octanol–water partition coefficient (Wildman–Crippen LogP) is 1.06. The van der Waals surface area contributed by atoms with Crippen LogP contribution < -0.4 is 5.32 Å². The average Bonchev–Trinajstić information content (AvgIpc) is 2.38. The zero-order valence-electron chi connectivity index (χ0n) is 10.1. The highest BCUT2D eigenvalue weighted by Gasteiger charge is 2.25. The van der Waals surface area contributed by atoms with Crippen LogP contribution in [0.15, 0.2) is 26.9 Å². The average molecular weight is 262 g/mol. The Balaban J connectivity index is 3.51. The second-order valence-electron chi connectivity index (χ2n) is 3.17. The molecule has 6 nitrogen and oxygen atoms in total. The molecule has 0 aromatic carbocycles. The number of ether oxygens (including phenoxy) is 1. The van der Waals surface area contributed by atoms with Crippen LogP contribution in [-0.4, -0.2) is 25.2 Å². The molecule has 0 radical (unpaired) electrons. The van der Waals surface area contributed by atoms with Gasteiger partial charge in [0, 0.05) is 0 Å². The number of esters is 1. The standard InChI is InChI=1S/C11H10N4O2S/c1-6-14-9(8(5-13)11(16)17-2)7(4-12)10(15-6)18-3/h1-3H3,(H,14,15)/b9-8+. The third-order valence-corrected chi connectivity index (χ3v) is 2.78. The molecule has 0 aromatic heterocycles. The fraction of sp³-hybridized carbons (Fsp3) is 0.273. The Labute approximate surface area is 109 Å². The van der Waals surface area contributed by atoms with Crippen molar-refractivity contribution in [2.24, 2.45) is 4.99 Å². The van der Waals surface area contributed by atoms with E-state index in [1.165, 1.54) is 18.9 Å². The van der Waals surface area contributed by atoms with Gasteiger partial charge in [0.15, 0.2) is 5.57 Å². The lowest BCUT2D eigenvalue weighted by Crippen LogP contribution is -2.28. The molecule has 0 saturated carbocycles. The predicted molar refractivity (Wildman–Crippen MR) is 67.1 cm³/mol. The van der Waals surface area contributed by atoms with Crippen LogP contribution in [0, 0.1) is 22.7 Å². The third kappa shape index (κ3) is 2.53. The maximum Gasteiger partial charge on any atom is 0.350 e. The largest absolute Gasteiger partial charge is 0.465 e. The number of nitrogens with one attached hydrogen (secondary N) is 1. The highest BCUT2D eigenvalue weighted by molar-refractivity contribution is 8.02. The van der Waals surface area contributed by atoms with Crippen molar-refractivity contribution in [2.75, 3.05) is 13.4 Å². The number of hydrogen-bond acceptors (Lipinski definition) is 7. The summed E-state index contributed by atoms with van der Waals surface area (Å²) in [5.41, 5.74) is 0.0635. The van der Waals surface area contributed by atoms with Gasteiger partial charge in [0.05, 0.1) is 12.8 Å². The van der Waals surface area contributed by atoms with Gasteiger partial charge in [-0.2, -0.15) is 10.5 Å². The zero-order chi connectivity index (χ0) is 13.7. The molecule has 0 amide bonds. The molecule has 0 spiro atoms. The normalized spacial score (nSPS) is 17.1. The first-order valence-electron chi connectivity index (χ1n) is 4.82. The van der Waals surface area contributed by atoms with Crippen molar-refractivity contribution in [1.29, 1.82) is 10.5 Å². The molecule has 0 unspecified atom stereocenters. The molecular formula is C11H10N4O2S. The zero-order valence-corrected chi connectivity index (χ0v) is 10.9. The molecule has 0 atom stereocenters. The minimum absolute atomic E-state index is 0.142. The summed E-state index contributed by atoms with van der Waals surface area (Å²) in [5, 5.41) is 21.4. The van der Waals surface area contributed by atoms with E-state index < -0.39 is 5.97 Å². The number of methoxy groups -OCH3 is 1. The summed E-state index contributed by atoms with van der Waals surface area (Å²) in [6.07, 6.45) is 1.76. The number of amidine groups is 1. The lowest BCUT2D eigenvalue weighted by molar-refractivity contribution is -0.135. The number of nitriles is 2. The van der Waals surface area contributed by atoms with Crippen LogP contribution >= 0.6 is 11.8 Å². The van der Waals surface area contributed by atoms with Crippen LogP contribution in [0.25, 0.3) is 0 Å². The molecular weight excluding hydrogens is 252 g/mol. The van der Waals surface area contributed by atoms with E-state index in [9.17, 15) is 4.79 Å². The minimum Gasteiger partial charge on any atom is -0.465 e. The first kappa shape index (κ1) is 13.8. The van der Waals surface area contributed by atoms with Gasteiger partial charge < -0.3 is 10.1 Å². The maximum atomic E-state index is 11.5. The number of carbonyl (C=O) groups is 1. The number of thioether (sulfide) groups is 1. The first-order valence-corrected chi connectivity index (χ1v) is 6.05. The minimum atomic E-state index is -0.789. The van der Waals surface area contributed by atoms with Gasteiger partial charge in [-0.05, 0) is 13.2 Å². The maximum absolute atomic E-state index is 11.5. The van der Waals surface area contributed by atoms with E-state index in [2.05, 4.69) is 15.0 Å². The molecule has 0 bridgehead atoms. The van der Waals surface area contributed by atoms with Crippen LogP contribution in [-0.2, 0) is 9.53 Å². The van der Waals surface area contributed by atoms with Gasteiger partial charge in [-0.25, -0.2) is 9.79 Å². The van der Waals surface area contributed by atoms with Crippen molar-refractivity contribution in [1.82, 2.24) is 5.32 Å². The summed E-state index contributed by atoms with van der Waals surface area (Å²) in [5.74, 6) is -0.284. The van der Waals surface area contributed by atoms with E-state index in [0.717, 1.165) is 0 Å². The molecule has 0 saturated heterocycles. The van der Waals surface area contributed by atoms with Crippen LogP contribution in [0.1, 0.15) is 6.92 Å². The number of aliphatic imine (C=N–C) groups is 1. The number of hydrogen-bond donors (Lipinski definition) is 1. The molecule has 0 aliphatic carbocycles. The summed E-state index contributed by atoms with van der Waals surface area (Å²) in [6, 6.07) is 3.69. The van der Waals surface area contributed by atoms with E-state index in [0.29, 0.717) is 10.9 Å². The molecule has 18 heavy (non-hydrogen) atoms. The van der Waals surface area contributed by atoms with E-state index in [4.69, 9.17) is 10.5 Å². The van der Waals surface area contributed by atoms with Gasteiger partial charge in [0.2, 0.25) is 0 Å². The fourth-order valence-corrected chi connectivity index (χ4v) is 1.91. The van der Waals surface area contributed by atoms with Gasteiger partial charge >= 0.3 is 5.97 Å². The first-order chi connectivity index (χ1) is 8.58. The quantitative estimate of drug-likeness (QED) is 0.454. The molecule has 92 valence electrons. The van der Waals surface area contributed by atoms with Gasteiger partial charge in [-0.15, -0.1) is 11.8 Å². The molecule has 0 aromatic rings. The van der Waals surface area contributed by atoms with Crippen LogP contribution in [0.4, 0.5) is 0 Å². The second-order valence-corrected chi connectivity index (χ2v) is 3.97. The van der Waals surface area contributed by atoms with Crippen LogP contribution in [0.3, 0.4) is 0 Å². The lowest BCUT2D eigenvalue weighted by atomic mass is 10.1. The van der Waals surface area contributed by atoms with Crippen LogP contribution in [0.2, 0.25) is 0 Å². The van der Waals surface area contributed by atoms with Gasteiger partial charge in [-0.3, -0.25) is 0 Å². The highest BCUT2D eigenvalue weighted by Crippen LogP contribution is 2.27. The lowest BCUT2D eigenvalue weighted by Gasteiger charge is -2.17. The number of rotatable bonds is 2. The number of nitrogens with zero attached hydrogens (tertiary/aromatic N) is 3. The van der Waals surface area contributed by atoms with E-state index in [1.54, 1.807) is 19.2 Å². The molecule has 0 fully saturated rings. The summed E-state index contributed by atoms with van der Waals surface area (Å²) in [7, 11) is 1.18. The summed E-state index contributed by atoms with van der Waals surface area (Å²) in [6.45, 7) is 1.68. The Hall–Kier alpha value is -2.25. The van der Waals surface area contributed by atoms with Crippen molar-refractivity contribution in [3.8, 4) is 12.1 Å². The van der Waals surface area contributed by atoms with Crippen LogP contribution in [0.5, 0.6) is 0 Å². The highest BCUT2D eigenvalue weighted by atomic mass is 32.2. The van der Waals surface area contributed by atoms with Crippen molar-refractivity contribution in [3.63, 3.8) is 0 Å². The van der Waals surface area contributed by atoms with Crippen molar-refractivity contribution in [2.45, 2.75) is 6.92 Å². The Morgan fingerprint density at radius 3 is 2.61 bits per heavy atom. The fourth-order valence-electron chi connectivity index (χ4n) is 1.33. The van der Waals surface area contributed by atoms with Gasteiger partial charge in [-0.1, -0.05) is 0 Å².